The number of anilines is 2. The molecule has 0 fully saturated rings. The van der Waals surface area contributed by atoms with Gasteiger partial charge in [-0.05, 0) is 24.3 Å². The third kappa shape index (κ3) is 5.00. The molecule has 12 heteroatoms. The highest BCUT2D eigenvalue weighted by molar-refractivity contribution is 7.79. The van der Waals surface area contributed by atoms with Crippen LogP contribution in [0.1, 0.15) is 0 Å². The maximum Gasteiger partial charge on any atom is 0.573 e. The van der Waals surface area contributed by atoms with Crippen LogP contribution in [0.25, 0.3) is 0 Å². The van der Waals surface area contributed by atoms with Gasteiger partial charge < -0.3 is 25.0 Å². The lowest BCUT2D eigenvalue weighted by atomic mass is 10.3. The molecular weight excluding hydrogens is 401 g/mol. The Morgan fingerprint density at radius 3 is 2.35 bits per heavy atom. The molecule has 2 amide bonds. The van der Waals surface area contributed by atoms with E-state index in [1.807, 2.05) is 0 Å². The van der Waals surface area contributed by atoms with Crippen molar-refractivity contribution < 1.29 is 36.6 Å². The van der Waals surface area contributed by atoms with Crippen LogP contribution in [0.4, 0.5) is 29.3 Å². The Morgan fingerprint density at radius 2 is 1.73 bits per heavy atom. The summed E-state index contributed by atoms with van der Waals surface area (Å²) in [5.41, 5.74) is -0.569. The van der Waals surface area contributed by atoms with Crippen molar-refractivity contribution in [1.29, 1.82) is 0 Å². The van der Waals surface area contributed by atoms with Gasteiger partial charge in [-0.15, -0.1) is 13.2 Å². The number of carbonyl (C=O) groups is 1. The fourth-order valence-electron chi connectivity index (χ4n) is 1.87. The van der Waals surface area contributed by atoms with Crippen LogP contribution >= 0.6 is 11.6 Å². The first-order valence-corrected chi connectivity index (χ1v) is 8.12. The van der Waals surface area contributed by atoms with E-state index in [0.29, 0.717) is 0 Å². The molecule has 0 aliphatic rings. The number of phenols is 1. The summed E-state index contributed by atoms with van der Waals surface area (Å²) in [6.45, 7) is 0. The van der Waals surface area contributed by atoms with Gasteiger partial charge in [-0.1, -0.05) is 23.7 Å². The standard InChI is InChI=1S/C14H10ClF3N2O5S/c15-7-5-6-9(11(21)12(7)26(23)24)20-13(22)19-8-3-1-2-4-10(8)25-14(16,17)18/h1-6,21H,(H,23,24)(H2,19,20,22). The third-order valence-corrected chi connectivity index (χ3v) is 4.06. The monoisotopic (exact) mass is 410 g/mol. The number of nitrogens with one attached hydrogen (secondary N) is 2. The molecule has 2 aromatic carbocycles. The van der Waals surface area contributed by atoms with E-state index in [-0.39, 0.29) is 16.4 Å². The summed E-state index contributed by atoms with van der Waals surface area (Å²) >= 11 is 3.05. The van der Waals surface area contributed by atoms with Crippen molar-refractivity contribution in [2.45, 2.75) is 11.3 Å². The molecule has 4 N–H and O–H groups in total. The van der Waals surface area contributed by atoms with E-state index in [1.54, 1.807) is 0 Å². The lowest BCUT2D eigenvalue weighted by Crippen LogP contribution is -2.22. The average Bonchev–Trinajstić information content (AvgIpc) is 2.50. The van der Waals surface area contributed by atoms with Crippen LogP contribution in [0, 0.1) is 0 Å². The summed E-state index contributed by atoms with van der Waals surface area (Å²) in [6.07, 6.45) is -4.96. The molecule has 1 unspecified atom stereocenters. The normalized spacial score (nSPS) is 12.3. The Labute approximate surface area is 152 Å². The molecule has 26 heavy (non-hydrogen) atoms. The minimum absolute atomic E-state index is 0.210. The molecule has 0 aliphatic carbocycles. The number of benzene rings is 2. The first-order chi connectivity index (χ1) is 12.1. The zero-order chi connectivity index (χ0) is 19.5. The maximum absolute atomic E-state index is 12.4. The van der Waals surface area contributed by atoms with Crippen molar-refractivity contribution in [2.24, 2.45) is 0 Å². The first-order valence-electron chi connectivity index (χ1n) is 6.63. The molecule has 140 valence electrons. The molecule has 0 bridgehead atoms. The number of carbonyl (C=O) groups excluding carboxylic acids is 1. The first kappa shape index (κ1) is 19.8. The second-order valence-electron chi connectivity index (χ2n) is 4.64. The van der Waals surface area contributed by atoms with Crippen LogP contribution in [0.2, 0.25) is 5.02 Å². The van der Waals surface area contributed by atoms with E-state index < -0.39 is 39.9 Å². The van der Waals surface area contributed by atoms with Crippen molar-refractivity contribution in [2.75, 3.05) is 10.6 Å². The van der Waals surface area contributed by atoms with Crippen LogP contribution in [-0.4, -0.2) is 26.3 Å². The smallest absolute Gasteiger partial charge is 0.504 e. The van der Waals surface area contributed by atoms with Gasteiger partial charge in [0.05, 0.1) is 16.4 Å². The molecule has 0 saturated carbocycles. The largest absolute Gasteiger partial charge is 0.573 e. The van der Waals surface area contributed by atoms with E-state index in [4.69, 9.17) is 16.2 Å². The minimum Gasteiger partial charge on any atom is -0.504 e. The molecule has 0 heterocycles. The minimum atomic E-state index is -4.96. The Kier molecular flexibility index (Phi) is 5.95. The Hall–Kier alpha value is -2.50. The number of para-hydroxylation sites is 2. The average molecular weight is 411 g/mol. The van der Waals surface area contributed by atoms with E-state index in [1.165, 1.54) is 12.1 Å². The van der Waals surface area contributed by atoms with Crippen LogP contribution in [0.5, 0.6) is 11.5 Å². The Bertz CT molecular complexity index is 863. The zero-order valence-electron chi connectivity index (χ0n) is 12.5. The van der Waals surface area contributed by atoms with Crippen molar-refractivity contribution in [3.05, 3.63) is 41.4 Å². The number of rotatable bonds is 4. The van der Waals surface area contributed by atoms with Gasteiger partial charge >= 0.3 is 12.4 Å². The SMILES string of the molecule is O=C(Nc1ccccc1OC(F)(F)F)Nc1ccc(Cl)c(S(=O)O)c1O. The predicted octanol–water partition coefficient (Wildman–Crippen LogP) is 4.17. The van der Waals surface area contributed by atoms with Crippen LogP contribution < -0.4 is 15.4 Å². The van der Waals surface area contributed by atoms with Gasteiger partial charge in [-0.3, -0.25) is 0 Å². The Morgan fingerprint density at radius 1 is 1.12 bits per heavy atom. The summed E-state index contributed by atoms with van der Waals surface area (Å²) in [7, 11) is 0. The van der Waals surface area contributed by atoms with E-state index in [2.05, 4.69) is 15.4 Å². The van der Waals surface area contributed by atoms with Crippen molar-refractivity contribution >= 4 is 40.1 Å². The second-order valence-corrected chi connectivity index (χ2v) is 5.96. The number of halogens is 4. The molecule has 0 aromatic heterocycles. The summed E-state index contributed by atoms with van der Waals surface area (Å²) < 4.78 is 61.2. The highest BCUT2D eigenvalue weighted by Gasteiger charge is 2.32. The fourth-order valence-corrected chi connectivity index (χ4v) is 2.73. The number of alkyl halides is 3. The summed E-state index contributed by atoms with van der Waals surface area (Å²) in [5, 5.41) is 13.9. The molecule has 7 nitrogen and oxygen atoms in total. The zero-order valence-corrected chi connectivity index (χ0v) is 14.1. The summed E-state index contributed by atoms with van der Waals surface area (Å²) in [4.78, 5) is 11.5. The molecule has 2 rings (SSSR count). The van der Waals surface area contributed by atoms with Gasteiger partial charge in [0.2, 0.25) is 0 Å². The van der Waals surface area contributed by atoms with Gasteiger partial charge in [0, 0.05) is 0 Å². The van der Waals surface area contributed by atoms with Crippen LogP contribution in [0.15, 0.2) is 41.3 Å². The van der Waals surface area contributed by atoms with Crippen molar-refractivity contribution in [1.82, 2.24) is 0 Å². The number of urea groups is 1. The molecule has 1 atom stereocenters. The van der Waals surface area contributed by atoms with E-state index in [9.17, 15) is 27.3 Å². The van der Waals surface area contributed by atoms with Gasteiger partial charge in [-0.2, -0.15) is 0 Å². The molecule has 2 aromatic rings. The molecule has 0 aliphatic heterocycles. The van der Waals surface area contributed by atoms with Crippen LogP contribution in [-0.2, 0) is 11.1 Å². The fraction of sp³-hybridized carbons (Fsp3) is 0.0714. The molecule has 0 saturated heterocycles. The van der Waals surface area contributed by atoms with Crippen molar-refractivity contribution in [3.8, 4) is 11.5 Å². The highest BCUT2D eigenvalue weighted by atomic mass is 35.5. The lowest BCUT2D eigenvalue weighted by molar-refractivity contribution is -0.274. The third-order valence-electron chi connectivity index (χ3n) is 2.87. The summed E-state index contributed by atoms with van der Waals surface area (Å²) in [5.74, 6) is -1.40. The molecular formula is C14H10ClF3N2O5S. The van der Waals surface area contributed by atoms with Gasteiger partial charge in [0.15, 0.2) is 22.6 Å². The van der Waals surface area contributed by atoms with Crippen molar-refractivity contribution in [3.63, 3.8) is 0 Å². The summed E-state index contributed by atoms with van der Waals surface area (Å²) in [6, 6.07) is 6.07. The number of amides is 2. The molecule has 0 spiro atoms. The van der Waals surface area contributed by atoms with Gasteiger partial charge in [-0.25, -0.2) is 9.00 Å². The maximum atomic E-state index is 12.4. The Balaban J connectivity index is 2.21. The number of phenolic OH excluding ortho intramolecular Hbond substituents is 1. The number of aromatic hydroxyl groups is 1. The number of hydrogen-bond donors (Lipinski definition) is 4. The molecule has 0 radical (unpaired) electrons. The predicted molar refractivity (Wildman–Crippen MR) is 87.9 cm³/mol. The van der Waals surface area contributed by atoms with Crippen LogP contribution in [0.3, 0.4) is 0 Å². The number of hydrogen-bond acceptors (Lipinski definition) is 4. The second kappa shape index (κ2) is 7.81. The van der Waals surface area contributed by atoms with Gasteiger partial charge in [0.1, 0.15) is 4.90 Å². The highest BCUT2D eigenvalue weighted by Crippen LogP contribution is 2.36. The lowest BCUT2D eigenvalue weighted by Gasteiger charge is -2.15. The van der Waals surface area contributed by atoms with E-state index in [0.717, 1.165) is 24.3 Å². The number of ether oxygens (including phenoxy) is 1. The van der Waals surface area contributed by atoms with E-state index >= 15 is 0 Å². The quantitative estimate of drug-likeness (QED) is 0.447. The van der Waals surface area contributed by atoms with Gasteiger partial charge in [0.25, 0.3) is 0 Å². The topological polar surface area (TPSA) is 108 Å².